The number of aryl methyl sites for hydroxylation is 1. The summed E-state index contributed by atoms with van der Waals surface area (Å²) in [6, 6.07) is 11.6. The molecule has 21 heavy (non-hydrogen) atoms. The van der Waals surface area contributed by atoms with Crippen LogP contribution in [-0.2, 0) is 0 Å². The molecule has 2 aromatic carbocycles. The third-order valence-corrected chi connectivity index (χ3v) is 2.95. The summed E-state index contributed by atoms with van der Waals surface area (Å²) in [6.07, 6.45) is 0. The summed E-state index contributed by atoms with van der Waals surface area (Å²) in [6.45, 7) is 1.83. The lowest BCUT2D eigenvalue weighted by Crippen LogP contribution is -1.99. The van der Waals surface area contributed by atoms with E-state index < -0.39 is 5.97 Å². The summed E-state index contributed by atoms with van der Waals surface area (Å²) >= 11 is 0. The van der Waals surface area contributed by atoms with Crippen LogP contribution in [0.4, 0.5) is 0 Å². The SMILES string of the molecule is COc1cc(C(=O)O)ccc1Oc1c(C)cccc1C#N. The number of nitriles is 1. The summed E-state index contributed by atoms with van der Waals surface area (Å²) in [5.74, 6) is 0.0326. The topological polar surface area (TPSA) is 79.6 Å². The van der Waals surface area contributed by atoms with E-state index in [2.05, 4.69) is 6.07 Å². The first-order chi connectivity index (χ1) is 10.1. The molecule has 0 spiro atoms. The average Bonchev–Trinajstić information content (AvgIpc) is 2.49. The van der Waals surface area contributed by atoms with Crippen molar-refractivity contribution in [1.29, 1.82) is 5.26 Å². The highest BCUT2D eigenvalue weighted by atomic mass is 16.5. The van der Waals surface area contributed by atoms with Gasteiger partial charge in [-0.3, -0.25) is 0 Å². The fourth-order valence-electron chi connectivity index (χ4n) is 1.87. The molecule has 0 bridgehead atoms. The molecule has 0 atom stereocenters. The van der Waals surface area contributed by atoms with Gasteiger partial charge in [0.15, 0.2) is 11.5 Å². The maximum atomic E-state index is 11.0. The van der Waals surface area contributed by atoms with E-state index in [1.54, 1.807) is 12.1 Å². The summed E-state index contributed by atoms with van der Waals surface area (Å²) < 4.78 is 10.9. The van der Waals surface area contributed by atoms with Gasteiger partial charge in [0, 0.05) is 0 Å². The smallest absolute Gasteiger partial charge is 0.335 e. The molecule has 0 radical (unpaired) electrons. The Labute approximate surface area is 122 Å². The van der Waals surface area contributed by atoms with Crippen molar-refractivity contribution in [2.45, 2.75) is 6.92 Å². The number of hydrogen-bond acceptors (Lipinski definition) is 4. The number of ether oxygens (including phenoxy) is 2. The van der Waals surface area contributed by atoms with E-state index in [0.29, 0.717) is 22.8 Å². The Hall–Kier alpha value is -3.00. The van der Waals surface area contributed by atoms with Gasteiger partial charge in [0.2, 0.25) is 0 Å². The van der Waals surface area contributed by atoms with Crippen LogP contribution in [0.25, 0.3) is 0 Å². The number of aromatic carboxylic acids is 1. The highest BCUT2D eigenvalue weighted by molar-refractivity contribution is 5.88. The Kier molecular flexibility index (Phi) is 4.10. The van der Waals surface area contributed by atoms with Crippen molar-refractivity contribution in [3.8, 4) is 23.3 Å². The molecular formula is C16H13NO4. The molecule has 0 saturated carbocycles. The monoisotopic (exact) mass is 283 g/mol. The third-order valence-electron chi connectivity index (χ3n) is 2.95. The fraction of sp³-hybridized carbons (Fsp3) is 0.125. The molecule has 0 fully saturated rings. The molecule has 0 aliphatic heterocycles. The summed E-state index contributed by atoms with van der Waals surface area (Å²) in [5, 5.41) is 18.1. The second-order valence-corrected chi connectivity index (χ2v) is 4.34. The maximum absolute atomic E-state index is 11.0. The van der Waals surface area contributed by atoms with Crippen LogP contribution in [0.5, 0.6) is 17.2 Å². The lowest BCUT2D eigenvalue weighted by molar-refractivity contribution is 0.0696. The molecule has 0 saturated heterocycles. The zero-order valence-corrected chi connectivity index (χ0v) is 11.6. The van der Waals surface area contributed by atoms with Gasteiger partial charge in [-0.15, -0.1) is 0 Å². The van der Waals surface area contributed by atoms with E-state index in [1.165, 1.54) is 25.3 Å². The summed E-state index contributed by atoms with van der Waals surface area (Å²) in [5.41, 5.74) is 1.31. The Balaban J connectivity index is 2.45. The number of methoxy groups -OCH3 is 1. The Morgan fingerprint density at radius 3 is 2.62 bits per heavy atom. The quantitative estimate of drug-likeness (QED) is 0.930. The van der Waals surface area contributed by atoms with Gasteiger partial charge in [0.25, 0.3) is 0 Å². The van der Waals surface area contributed by atoms with E-state index in [4.69, 9.17) is 19.8 Å². The first-order valence-corrected chi connectivity index (χ1v) is 6.15. The molecule has 2 rings (SSSR count). The molecule has 1 N–H and O–H groups in total. The van der Waals surface area contributed by atoms with Crippen molar-refractivity contribution in [3.63, 3.8) is 0 Å². The van der Waals surface area contributed by atoms with Crippen molar-refractivity contribution < 1.29 is 19.4 Å². The Morgan fingerprint density at radius 1 is 1.24 bits per heavy atom. The van der Waals surface area contributed by atoms with Crippen molar-refractivity contribution in [1.82, 2.24) is 0 Å². The molecule has 5 heteroatoms. The van der Waals surface area contributed by atoms with Gasteiger partial charge >= 0.3 is 5.97 Å². The normalized spacial score (nSPS) is 9.76. The second-order valence-electron chi connectivity index (χ2n) is 4.34. The maximum Gasteiger partial charge on any atom is 0.335 e. The van der Waals surface area contributed by atoms with Crippen LogP contribution < -0.4 is 9.47 Å². The van der Waals surface area contributed by atoms with Gasteiger partial charge in [-0.1, -0.05) is 12.1 Å². The lowest BCUT2D eigenvalue weighted by atomic mass is 10.1. The first kappa shape index (κ1) is 14.4. The predicted molar refractivity (Wildman–Crippen MR) is 75.9 cm³/mol. The number of carboxylic acids is 1. The highest BCUT2D eigenvalue weighted by Gasteiger charge is 2.14. The lowest BCUT2D eigenvalue weighted by Gasteiger charge is -2.13. The molecular weight excluding hydrogens is 270 g/mol. The number of carbonyl (C=O) groups is 1. The Morgan fingerprint density at radius 2 is 2.00 bits per heavy atom. The standard InChI is InChI=1S/C16H13NO4/c1-10-4-3-5-12(9-17)15(10)21-13-7-6-11(16(18)19)8-14(13)20-2/h3-8H,1-2H3,(H,18,19). The number of para-hydroxylation sites is 1. The van der Waals surface area contributed by atoms with Crippen molar-refractivity contribution in [3.05, 3.63) is 53.1 Å². The third kappa shape index (κ3) is 2.95. The van der Waals surface area contributed by atoms with E-state index in [0.717, 1.165) is 5.56 Å². The zero-order chi connectivity index (χ0) is 15.4. The molecule has 0 heterocycles. The van der Waals surface area contributed by atoms with E-state index in [9.17, 15) is 4.79 Å². The molecule has 0 aliphatic rings. The molecule has 106 valence electrons. The van der Waals surface area contributed by atoms with E-state index >= 15 is 0 Å². The summed E-state index contributed by atoms with van der Waals surface area (Å²) in [7, 11) is 1.43. The number of carboxylic acid groups (broad SMARTS) is 1. The predicted octanol–water partition coefficient (Wildman–Crippen LogP) is 3.37. The van der Waals surface area contributed by atoms with Gasteiger partial charge in [-0.25, -0.2) is 4.79 Å². The molecule has 0 aromatic heterocycles. The fourth-order valence-corrected chi connectivity index (χ4v) is 1.87. The molecule has 5 nitrogen and oxygen atoms in total. The van der Waals surface area contributed by atoms with Gasteiger partial charge in [-0.2, -0.15) is 5.26 Å². The average molecular weight is 283 g/mol. The Bertz CT molecular complexity index is 732. The van der Waals surface area contributed by atoms with Crippen molar-refractivity contribution in [2.75, 3.05) is 7.11 Å². The van der Waals surface area contributed by atoms with E-state index in [1.807, 2.05) is 13.0 Å². The number of hydrogen-bond donors (Lipinski definition) is 1. The second kappa shape index (κ2) is 5.97. The van der Waals surface area contributed by atoms with Crippen LogP contribution in [0.15, 0.2) is 36.4 Å². The van der Waals surface area contributed by atoms with Crippen molar-refractivity contribution >= 4 is 5.97 Å². The molecule has 0 amide bonds. The van der Waals surface area contributed by atoms with Gasteiger partial charge in [0.1, 0.15) is 11.8 Å². The van der Waals surface area contributed by atoms with Crippen LogP contribution in [0.2, 0.25) is 0 Å². The number of benzene rings is 2. The van der Waals surface area contributed by atoms with Crippen LogP contribution in [0, 0.1) is 18.3 Å². The highest BCUT2D eigenvalue weighted by Crippen LogP contribution is 2.35. The van der Waals surface area contributed by atoms with Gasteiger partial charge < -0.3 is 14.6 Å². The van der Waals surface area contributed by atoms with Gasteiger partial charge in [0.05, 0.1) is 18.2 Å². The first-order valence-electron chi connectivity index (χ1n) is 6.15. The van der Waals surface area contributed by atoms with Gasteiger partial charge in [-0.05, 0) is 36.8 Å². The number of nitrogens with zero attached hydrogens (tertiary/aromatic N) is 1. The van der Waals surface area contributed by atoms with Crippen LogP contribution in [0.3, 0.4) is 0 Å². The molecule has 0 unspecified atom stereocenters. The van der Waals surface area contributed by atoms with Crippen LogP contribution in [0.1, 0.15) is 21.5 Å². The zero-order valence-electron chi connectivity index (χ0n) is 11.6. The largest absolute Gasteiger partial charge is 0.493 e. The molecule has 2 aromatic rings. The van der Waals surface area contributed by atoms with Crippen molar-refractivity contribution in [2.24, 2.45) is 0 Å². The minimum Gasteiger partial charge on any atom is -0.493 e. The summed E-state index contributed by atoms with van der Waals surface area (Å²) in [4.78, 5) is 11.0. The van der Waals surface area contributed by atoms with Crippen LogP contribution in [-0.4, -0.2) is 18.2 Å². The molecule has 0 aliphatic carbocycles. The minimum absolute atomic E-state index is 0.101. The minimum atomic E-state index is -1.05. The number of rotatable bonds is 4. The van der Waals surface area contributed by atoms with E-state index in [-0.39, 0.29) is 5.56 Å². The van der Waals surface area contributed by atoms with Crippen LogP contribution >= 0.6 is 0 Å².